The van der Waals surface area contributed by atoms with E-state index in [2.05, 4.69) is 0 Å². The first-order chi connectivity index (χ1) is 11.5. The van der Waals surface area contributed by atoms with Gasteiger partial charge in [0.25, 0.3) is 0 Å². The van der Waals surface area contributed by atoms with Gasteiger partial charge in [0.05, 0.1) is 24.0 Å². The van der Waals surface area contributed by atoms with Gasteiger partial charge in [-0.25, -0.2) is 4.79 Å². The Morgan fingerprint density at radius 1 is 1.42 bits per heavy atom. The summed E-state index contributed by atoms with van der Waals surface area (Å²) in [5.41, 5.74) is 6.27. The Morgan fingerprint density at radius 3 is 2.54 bits per heavy atom. The second-order valence-corrected chi connectivity index (χ2v) is 5.83. The standard InChI is InChI=1S/C16H13Cl3N2O3/c1-2-23-16(22)14-11(6-17)24-15(21)8(7-20)12(14)13-9(18)4-3-5-10(13)19/h3-5,12H,2,6,21H2,1H3. The molecule has 1 atom stereocenters. The Bertz CT molecular complexity index is 761. The summed E-state index contributed by atoms with van der Waals surface area (Å²) in [6.45, 7) is 1.80. The number of hydrogen-bond donors (Lipinski definition) is 1. The number of nitriles is 1. The van der Waals surface area contributed by atoms with E-state index in [0.717, 1.165) is 0 Å². The lowest BCUT2D eigenvalue weighted by molar-refractivity contribution is -0.139. The van der Waals surface area contributed by atoms with Crippen LogP contribution < -0.4 is 5.73 Å². The van der Waals surface area contributed by atoms with Gasteiger partial charge >= 0.3 is 5.97 Å². The molecule has 126 valence electrons. The number of hydrogen-bond acceptors (Lipinski definition) is 5. The number of benzene rings is 1. The van der Waals surface area contributed by atoms with Crippen molar-refractivity contribution >= 4 is 40.8 Å². The Kier molecular flexibility index (Phi) is 6.00. The number of alkyl halides is 1. The lowest BCUT2D eigenvalue weighted by Crippen LogP contribution is -2.27. The van der Waals surface area contributed by atoms with Crippen LogP contribution in [0.15, 0.2) is 41.0 Å². The van der Waals surface area contributed by atoms with Crippen LogP contribution in [-0.4, -0.2) is 18.5 Å². The van der Waals surface area contributed by atoms with Gasteiger partial charge in [0.15, 0.2) is 0 Å². The third kappa shape index (κ3) is 3.32. The smallest absolute Gasteiger partial charge is 0.338 e. The molecule has 0 saturated carbocycles. The number of esters is 1. The van der Waals surface area contributed by atoms with Crippen LogP contribution in [0.5, 0.6) is 0 Å². The van der Waals surface area contributed by atoms with Crippen LogP contribution in [0, 0.1) is 11.3 Å². The summed E-state index contributed by atoms with van der Waals surface area (Å²) in [7, 11) is 0. The SMILES string of the molecule is CCOC(=O)C1=C(CCl)OC(N)=C(C#N)C1c1c(Cl)cccc1Cl. The number of rotatable bonds is 4. The Labute approximate surface area is 154 Å². The van der Waals surface area contributed by atoms with Gasteiger partial charge in [0.2, 0.25) is 5.88 Å². The third-order valence-electron chi connectivity index (χ3n) is 3.40. The predicted octanol–water partition coefficient (Wildman–Crippen LogP) is 3.86. The molecule has 0 amide bonds. The highest BCUT2D eigenvalue weighted by Crippen LogP contribution is 2.45. The summed E-state index contributed by atoms with van der Waals surface area (Å²) in [6.07, 6.45) is 0. The highest BCUT2D eigenvalue weighted by molar-refractivity contribution is 6.36. The van der Waals surface area contributed by atoms with Crippen LogP contribution in [0.3, 0.4) is 0 Å². The summed E-state index contributed by atoms with van der Waals surface area (Å²) >= 11 is 18.4. The quantitative estimate of drug-likeness (QED) is 0.626. The molecule has 8 heteroatoms. The van der Waals surface area contributed by atoms with Crippen molar-refractivity contribution in [3.8, 4) is 6.07 Å². The molecule has 0 aromatic heterocycles. The van der Waals surface area contributed by atoms with E-state index >= 15 is 0 Å². The highest BCUT2D eigenvalue weighted by Gasteiger charge is 2.39. The molecule has 0 fully saturated rings. The lowest BCUT2D eigenvalue weighted by Gasteiger charge is -2.28. The monoisotopic (exact) mass is 386 g/mol. The van der Waals surface area contributed by atoms with Gasteiger partial charge in [-0.2, -0.15) is 5.26 Å². The maximum Gasteiger partial charge on any atom is 0.338 e. The third-order valence-corrected chi connectivity index (χ3v) is 4.30. The van der Waals surface area contributed by atoms with Gasteiger partial charge in [-0.1, -0.05) is 29.3 Å². The zero-order chi connectivity index (χ0) is 17.9. The molecular formula is C16H13Cl3N2O3. The summed E-state index contributed by atoms with van der Waals surface area (Å²) in [4.78, 5) is 12.5. The predicted molar refractivity (Wildman–Crippen MR) is 91.5 cm³/mol. The van der Waals surface area contributed by atoms with E-state index in [0.29, 0.717) is 5.56 Å². The fraction of sp³-hybridized carbons (Fsp3) is 0.250. The van der Waals surface area contributed by atoms with Gasteiger partial charge in [-0.05, 0) is 19.1 Å². The van der Waals surface area contributed by atoms with E-state index in [1.807, 2.05) is 6.07 Å². The van der Waals surface area contributed by atoms with E-state index in [-0.39, 0.29) is 45.3 Å². The Balaban J connectivity index is 2.76. The summed E-state index contributed by atoms with van der Waals surface area (Å²) < 4.78 is 10.4. The Hall–Kier alpha value is -1.87. The second-order valence-electron chi connectivity index (χ2n) is 4.75. The van der Waals surface area contributed by atoms with Crippen molar-refractivity contribution in [3.05, 3.63) is 56.6 Å². The first-order valence-electron chi connectivity index (χ1n) is 6.93. The fourth-order valence-electron chi connectivity index (χ4n) is 2.42. The molecule has 1 aliphatic rings. The van der Waals surface area contributed by atoms with E-state index < -0.39 is 11.9 Å². The van der Waals surface area contributed by atoms with Gasteiger partial charge in [-0.15, -0.1) is 11.6 Å². The first-order valence-corrected chi connectivity index (χ1v) is 8.22. The van der Waals surface area contributed by atoms with Crippen LogP contribution in [0.1, 0.15) is 18.4 Å². The molecule has 1 aromatic rings. The van der Waals surface area contributed by atoms with Crippen molar-refractivity contribution in [3.63, 3.8) is 0 Å². The zero-order valence-electron chi connectivity index (χ0n) is 12.6. The number of halogens is 3. The van der Waals surface area contributed by atoms with E-state index in [9.17, 15) is 10.1 Å². The molecule has 2 N–H and O–H groups in total. The van der Waals surface area contributed by atoms with E-state index in [1.54, 1.807) is 25.1 Å². The largest absolute Gasteiger partial charge is 0.463 e. The number of nitrogens with two attached hydrogens (primary N) is 1. The molecule has 0 bridgehead atoms. The Morgan fingerprint density at radius 2 is 2.04 bits per heavy atom. The van der Waals surface area contributed by atoms with Crippen molar-refractivity contribution in [2.24, 2.45) is 5.73 Å². The molecule has 0 saturated heterocycles. The molecule has 1 unspecified atom stereocenters. The van der Waals surface area contributed by atoms with Crippen LogP contribution in [-0.2, 0) is 14.3 Å². The van der Waals surface area contributed by atoms with Crippen LogP contribution >= 0.6 is 34.8 Å². The molecule has 5 nitrogen and oxygen atoms in total. The molecule has 2 rings (SSSR count). The summed E-state index contributed by atoms with van der Waals surface area (Å²) in [6, 6.07) is 6.82. The second kappa shape index (κ2) is 7.80. The number of nitrogens with zero attached hydrogens (tertiary/aromatic N) is 1. The van der Waals surface area contributed by atoms with Gasteiger partial charge in [0.1, 0.15) is 17.4 Å². The van der Waals surface area contributed by atoms with Gasteiger partial charge in [0, 0.05) is 15.6 Å². The van der Waals surface area contributed by atoms with E-state index in [4.69, 9.17) is 50.0 Å². The number of carbonyl (C=O) groups is 1. The normalized spacial score (nSPS) is 17.4. The number of allylic oxidation sites excluding steroid dienone is 2. The van der Waals surface area contributed by atoms with Crippen LogP contribution in [0.2, 0.25) is 10.0 Å². The number of ether oxygens (including phenoxy) is 2. The van der Waals surface area contributed by atoms with Crippen LogP contribution in [0.25, 0.3) is 0 Å². The fourth-order valence-corrected chi connectivity index (χ4v) is 3.24. The molecule has 0 radical (unpaired) electrons. The minimum Gasteiger partial charge on any atom is -0.463 e. The van der Waals surface area contributed by atoms with Crippen molar-refractivity contribution in [2.75, 3.05) is 12.5 Å². The molecule has 24 heavy (non-hydrogen) atoms. The van der Waals surface area contributed by atoms with Crippen molar-refractivity contribution in [1.82, 2.24) is 0 Å². The minimum absolute atomic E-state index is 0.0157. The van der Waals surface area contributed by atoms with Crippen LogP contribution in [0.4, 0.5) is 0 Å². The van der Waals surface area contributed by atoms with Gasteiger partial charge < -0.3 is 15.2 Å². The molecule has 0 spiro atoms. The molecule has 1 heterocycles. The lowest BCUT2D eigenvalue weighted by atomic mass is 9.83. The average molecular weight is 388 g/mol. The molecule has 1 aromatic carbocycles. The van der Waals surface area contributed by atoms with Gasteiger partial charge in [-0.3, -0.25) is 0 Å². The van der Waals surface area contributed by atoms with E-state index in [1.165, 1.54) is 0 Å². The maximum absolute atomic E-state index is 12.5. The molecule has 1 aliphatic heterocycles. The zero-order valence-corrected chi connectivity index (χ0v) is 14.9. The summed E-state index contributed by atoms with van der Waals surface area (Å²) in [5, 5.41) is 10.1. The average Bonchev–Trinajstić information content (AvgIpc) is 2.54. The molecular weight excluding hydrogens is 375 g/mol. The maximum atomic E-state index is 12.5. The number of carbonyl (C=O) groups excluding carboxylic acids is 1. The summed E-state index contributed by atoms with van der Waals surface area (Å²) in [5.74, 6) is -1.77. The first kappa shape index (κ1) is 18.5. The minimum atomic E-state index is -0.919. The van der Waals surface area contributed by atoms with Crippen molar-refractivity contribution < 1.29 is 14.3 Å². The van der Waals surface area contributed by atoms with Crippen molar-refractivity contribution in [1.29, 1.82) is 5.26 Å². The molecule has 0 aliphatic carbocycles. The highest BCUT2D eigenvalue weighted by atomic mass is 35.5. The van der Waals surface area contributed by atoms with Crippen molar-refractivity contribution in [2.45, 2.75) is 12.8 Å². The topological polar surface area (TPSA) is 85.3 Å².